The Hall–Kier alpha value is -2.82. The van der Waals surface area contributed by atoms with E-state index in [1.165, 1.54) is 11.1 Å². The highest BCUT2D eigenvalue weighted by Crippen LogP contribution is 2.27. The van der Waals surface area contributed by atoms with Crippen molar-refractivity contribution in [1.82, 2.24) is 4.90 Å². The number of rotatable bonds is 10. The van der Waals surface area contributed by atoms with Gasteiger partial charge in [-0.3, -0.25) is 4.90 Å². The highest BCUT2D eigenvalue weighted by Gasteiger charge is 2.21. The molecule has 29 heavy (non-hydrogen) atoms. The highest BCUT2D eigenvalue weighted by molar-refractivity contribution is 5.32. The molecule has 1 N–H and O–H groups in total. The molecule has 0 aromatic heterocycles. The van der Waals surface area contributed by atoms with Gasteiger partial charge in [0.25, 0.3) is 0 Å². The summed E-state index contributed by atoms with van der Waals surface area (Å²) in [5.41, 5.74) is 2.39. The van der Waals surface area contributed by atoms with E-state index in [9.17, 15) is 5.11 Å². The number of nitrogens with zero attached hydrogens (tertiary/aromatic N) is 1. The third-order valence-corrected chi connectivity index (χ3v) is 4.75. The van der Waals surface area contributed by atoms with E-state index >= 15 is 0 Å². The first-order valence-electron chi connectivity index (χ1n) is 10.0. The van der Waals surface area contributed by atoms with E-state index in [4.69, 9.17) is 9.47 Å². The second-order valence-corrected chi connectivity index (χ2v) is 7.03. The van der Waals surface area contributed by atoms with Crippen molar-refractivity contribution in [3.63, 3.8) is 0 Å². The maximum absolute atomic E-state index is 10.6. The molecular weight excluding hydrogens is 362 g/mol. The molecule has 0 amide bonds. The molecule has 4 nitrogen and oxygen atoms in total. The number of hydrogen-bond donors (Lipinski definition) is 1. The summed E-state index contributed by atoms with van der Waals surface area (Å²) in [4.78, 5) is 2.16. The van der Waals surface area contributed by atoms with Crippen molar-refractivity contribution in [3.8, 4) is 11.5 Å². The maximum atomic E-state index is 10.6. The lowest BCUT2D eigenvalue weighted by Gasteiger charge is -2.30. The molecule has 3 aromatic carbocycles. The normalized spacial score (nSPS) is 12.2. The largest absolute Gasteiger partial charge is 0.494 e. The van der Waals surface area contributed by atoms with Gasteiger partial charge in [-0.15, -0.1) is 0 Å². The van der Waals surface area contributed by atoms with E-state index in [0.29, 0.717) is 13.2 Å². The maximum Gasteiger partial charge on any atom is 0.119 e. The lowest BCUT2D eigenvalue weighted by molar-refractivity contribution is 0.0681. The number of benzene rings is 3. The molecule has 0 spiro atoms. The zero-order valence-corrected chi connectivity index (χ0v) is 17.1. The van der Waals surface area contributed by atoms with E-state index in [2.05, 4.69) is 29.2 Å². The molecule has 0 aliphatic carbocycles. The lowest BCUT2D eigenvalue weighted by atomic mass is 9.97. The quantitative estimate of drug-likeness (QED) is 0.551. The van der Waals surface area contributed by atoms with Crippen LogP contribution in [0.5, 0.6) is 11.5 Å². The Morgan fingerprint density at radius 1 is 0.759 bits per heavy atom. The van der Waals surface area contributed by atoms with Gasteiger partial charge in [-0.25, -0.2) is 0 Å². The van der Waals surface area contributed by atoms with Crippen LogP contribution in [0.1, 0.15) is 24.1 Å². The average molecular weight is 392 g/mol. The Balaban J connectivity index is 1.62. The first-order chi connectivity index (χ1) is 14.2. The van der Waals surface area contributed by atoms with Crippen LogP contribution in [-0.4, -0.2) is 42.9 Å². The number of likely N-dealkylation sites (N-methyl/N-ethyl adjacent to an activating group) is 1. The van der Waals surface area contributed by atoms with Gasteiger partial charge in [-0.05, 0) is 49.4 Å². The molecule has 152 valence electrons. The van der Waals surface area contributed by atoms with Crippen molar-refractivity contribution in [1.29, 1.82) is 0 Å². The fraction of sp³-hybridized carbons (Fsp3) is 0.280. The summed E-state index contributed by atoms with van der Waals surface area (Å²) in [6, 6.07) is 28.2. The van der Waals surface area contributed by atoms with Gasteiger partial charge >= 0.3 is 0 Å². The van der Waals surface area contributed by atoms with Crippen molar-refractivity contribution < 1.29 is 14.6 Å². The van der Waals surface area contributed by atoms with Crippen LogP contribution in [0.4, 0.5) is 0 Å². The SMILES string of the molecule is CCOc1ccc(OC[C@H](O)CN(C)C(c2ccccc2)c2ccccc2)cc1. The van der Waals surface area contributed by atoms with E-state index in [1.807, 2.05) is 74.6 Å². The Kier molecular flexibility index (Phi) is 7.68. The summed E-state index contributed by atoms with van der Waals surface area (Å²) in [7, 11) is 2.03. The van der Waals surface area contributed by atoms with Crippen LogP contribution in [0.3, 0.4) is 0 Å². The fourth-order valence-electron chi connectivity index (χ4n) is 3.45. The van der Waals surface area contributed by atoms with E-state index < -0.39 is 6.10 Å². The van der Waals surface area contributed by atoms with Gasteiger partial charge in [0.1, 0.15) is 24.2 Å². The fourth-order valence-corrected chi connectivity index (χ4v) is 3.45. The smallest absolute Gasteiger partial charge is 0.119 e. The van der Waals surface area contributed by atoms with Gasteiger partial charge in [0.05, 0.1) is 12.6 Å². The second kappa shape index (κ2) is 10.6. The third kappa shape index (κ3) is 6.08. The molecule has 3 rings (SSSR count). The molecule has 0 unspecified atom stereocenters. The monoisotopic (exact) mass is 391 g/mol. The summed E-state index contributed by atoms with van der Waals surface area (Å²) < 4.78 is 11.2. The van der Waals surface area contributed by atoms with Crippen molar-refractivity contribution in [3.05, 3.63) is 96.1 Å². The Morgan fingerprint density at radius 2 is 1.24 bits per heavy atom. The molecule has 3 aromatic rings. The summed E-state index contributed by atoms with van der Waals surface area (Å²) in [6.07, 6.45) is -0.610. The van der Waals surface area contributed by atoms with Crippen LogP contribution in [-0.2, 0) is 0 Å². The summed E-state index contributed by atoms with van der Waals surface area (Å²) >= 11 is 0. The van der Waals surface area contributed by atoms with Crippen molar-refractivity contribution in [2.75, 3.05) is 26.8 Å². The molecule has 4 heteroatoms. The Morgan fingerprint density at radius 3 is 1.72 bits per heavy atom. The van der Waals surface area contributed by atoms with E-state index in [0.717, 1.165) is 11.5 Å². The van der Waals surface area contributed by atoms with Crippen LogP contribution in [0.25, 0.3) is 0 Å². The molecule has 1 atom stereocenters. The molecule has 0 fully saturated rings. The average Bonchev–Trinajstić information content (AvgIpc) is 2.75. The first-order valence-corrected chi connectivity index (χ1v) is 10.0. The molecule has 0 saturated heterocycles. The van der Waals surface area contributed by atoms with Crippen molar-refractivity contribution in [2.45, 2.75) is 19.1 Å². The summed E-state index contributed by atoms with van der Waals surface area (Å²) in [6.45, 7) is 3.31. The van der Waals surface area contributed by atoms with Crippen LogP contribution < -0.4 is 9.47 Å². The van der Waals surface area contributed by atoms with Gasteiger partial charge in [0.2, 0.25) is 0 Å². The van der Waals surface area contributed by atoms with Gasteiger partial charge in [0, 0.05) is 6.54 Å². The van der Waals surface area contributed by atoms with Crippen LogP contribution in [0.2, 0.25) is 0 Å². The number of ether oxygens (including phenoxy) is 2. The Labute approximate surface area is 173 Å². The first kappa shape index (κ1) is 20.9. The van der Waals surface area contributed by atoms with Crippen molar-refractivity contribution >= 4 is 0 Å². The standard InChI is InChI=1S/C25H29NO3/c1-3-28-23-14-16-24(17-15-23)29-19-22(27)18-26(2)25(20-10-6-4-7-11-20)21-12-8-5-9-13-21/h4-17,22,25,27H,3,18-19H2,1-2H3/t22-/m1/s1. The number of aliphatic hydroxyl groups excluding tert-OH is 1. The molecule has 0 aliphatic heterocycles. The zero-order chi connectivity index (χ0) is 20.5. The predicted octanol–water partition coefficient (Wildman–Crippen LogP) is 4.55. The third-order valence-electron chi connectivity index (χ3n) is 4.75. The molecule has 0 aliphatic rings. The van der Waals surface area contributed by atoms with Crippen LogP contribution in [0, 0.1) is 0 Å². The molecule has 0 radical (unpaired) electrons. The summed E-state index contributed by atoms with van der Waals surface area (Å²) in [5.74, 6) is 1.53. The highest BCUT2D eigenvalue weighted by atomic mass is 16.5. The molecular formula is C25H29NO3. The van der Waals surface area contributed by atoms with E-state index in [-0.39, 0.29) is 12.6 Å². The topological polar surface area (TPSA) is 41.9 Å². The minimum absolute atomic E-state index is 0.0672. The predicted molar refractivity (Wildman–Crippen MR) is 116 cm³/mol. The minimum atomic E-state index is -0.610. The zero-order valence-electron chi connectivity index (χ0n) is 17.1. The molecule has 0 bridgehead atoms. The van der Waals surface area contributed by atoms with Crippen LogP contribution in [0.15, 0.2) is 84.9 Å². The molecule has 0 saturated carbocycles. The van der Waals surface area contributed by atoms with Crippen LogP contribution >= 0.6 is 0 Å². The van der Waals surface area contributed by atoms with Crippen molar-refractivity contribution in [2.24, 2.45) is 0 Å². The van der Waals surface area contributed by atoms with E-state index in [1.54, 1.807) is 0 Å². The minimum Gasteiger partial charge on any atom is -0.494 e. The van der Waals surface area contributed by atoms with Gasteiger partial charge in [0.15, 0.2) is 0 Å². The van der Waals surface area contributed by atoms with Gasteiger partial charge in [-0.1, -0.05) is 60.7 Å². The van der Waals surface area contributed by atoms with Gasteiger partial charge < -0.3 is 14.6 Å². The Bertz CT molecular complexity index is 797. The molecule has 0 heterocycles. The number of aliphatic hydroxyl groups is 1. The second-order valence-electron chi connectivity index (χ2n) is 7.03. The summed E-state index contributed by atoms with van der Waals surface area (Å²) in [5, 5.41) is 10.6. The lowest BCUT2D eigenvalue weighted by Crippen LogP contribution is -2.36. The number of hydrogen-bond acceptors (Lipinski definition) is 4. The van der Waals surface area contributed by atoms with Gasteiger partial charge in [-0.2, -0.15) is 0 Å².